The summed E-state index contributed by atoms with van der Waals surface area (Å²) in [6, 6.07) is 0.257. The van der Waals surface area contributed by atoms with Crippen LogP contribution in [0.4, 0.5) is 40.8 Å². The highest BCUT2D eigenvalue weighted by Crippen LogP contribution is 2.39. The van der Waals surface area contributed by atoms with Gasteiger partial charge in [-0.15, -0.1) is 0 Å². The summed E-state index contributed by atoms with van der Waals surface area (Å²) in [4.78, 5) is 38.7. The molecule has 3 aromatic rings. The Bertz CT molecular complexity index is 1790. The Balaban J connectivity index is 1.44. The highest BCUT2D eigenvalue weighted by atomic mass is 19.4. The minimum absolute atomic E-state index is 0.00452. The minimum atomic E-state index is -4.87. The van der Waals surface area contributed by atoms with Gasteiger partial charge in [-0.25, -0.2) is 18.3 Å². The second-order valence-electron chi connectivity index (χ2n) is 11.1. The van der Waals surface area contributed by atoms with E-state index in [-0.39, 0.29) is 48.6 Å². The van der Waals surface area contributed by atoms with Crippen LogP contribution in [0.15, 0.2) is 35.1 Å². The van der Waals surface area contributed by atoms with E-state index < -0.39 is 83.5 Å². The van der Waals surface area contributed by atoms with Crippen molar-refractivity contribution in [3.05, 3.63) is 74.7 Å². The summed E-state index contributed by atoms with van der Waals surface area (Å²) in [6.07, 6.45) is -9.48. The average molecular weight is 691 g/mol. The average Bonchev–Trinajstić information content (AvgIpc) is 3.01. The fraction of sp³-hybridized carbons (Fsp3) is 0.400. The molecule has 0 radical (unpaired) electrons. The van der Waals surface area contributed by atoms with Gasteiger partial charge in [-0.05, 0) is 42.2 Å². The van der Waals surface area contributed by atoms with E-state index in [0.29, 0.717) is 39.8 Å². The highest BCUT2D eigenvalue weighted by molar-refractivity contribution is 5.97. The quantitative estimate of drug-likeness (QED) is 0.353. The van der Waals surface area contributed by atoms with Gasteiger partial charge in [0, 0.05) is 31.3 Å². The van der Waals surface area contributed by atoms with Crippen LogP contribution in [0.5, 0.6) is 5.75 Å². The molecule has 2 atom stereocenters. The molecule has 0 unspecified atom stereocenters. The van der Waals surface area contributed by atoms with Gasteiger partial charge < -0.3 is 24.8 Å². The smallest absolute Gasteiger partial charge is 0.435 e. The summed E-state index contributed by atoms with van der Waals surface area (Å²) < 4.78 is 122. The maximum atomic E-state index is 15.1. The third-order valence-electron chi connectivity index (χ3n) is 7.94. The number of fused-ring (bicyclic) bond motifs is 1. The topological polar surface area (TPSA) is 123 Å². The molecular formula is C30H26F8N4O6. The molecule has 0 spiro atoms. The monoisotopic (exact) mass is 690 g/mol. The van der Waals surface area contributed by atoms with Gasteiger partial charge in [0.1, 0.15) is 35.0 Å². The van der Waals surface area contributed by atoms with E-state index in [0.717, 1.165) is 7.05 Å². The van der Waals surface area contributed by atoms with Gasteiger partial charge in [0.2, 0.25) is 0 Å². The number of nitrogens with one attached hydrogen (secondary N) is 1. The molecule has 1 saturated heterocycles. The molecule has 48 heavy (non-hydrogen) atoms. The molecule has 0 bridgehead atoms. The lowest BCUT2D eigenvalue weighted by Gasteiger charge is -2.38. The fourth-order valence-corrected chi connectivity index (χ4v) is 5.65. The normalized spacial score (nSPS) is 17.4. The van der Waals surface area contributed by atoms with Crippen LogP contribution in [0.2, 0.25) is 0 Å². The van der Waals surface area contributed by atoms with Crippen molar-refractivity contribution < 1.29 is 59.3 Å². The van der Waals surface area contributed by atoms with E-state index in [4.69, 9.17) is 9.47 Å². The Morgan fingerprint density at radius 2 is 1.75 bits per heavy atom. The number of carbonyl (C=O) groups excluding carboxylic acids is 1. The molecule has 10 nitrogen and oxygen atoms in total. The number of anilines is 1. The molecule has 2 aliphatic rings. The molecule has 0 aliphatic carbocycles. The summed E-state index contributed by atoms with van der Waals surface area (Å²) in [5.41, 5.74) is -3.70. The SMILES string of the molecule is Cn1nc(C(F)(F)F)cc(-c2ccc(C[C@H](NC(=O)c3c(F)cc(N4CCOC[C@@H]4C(F)(F)F)cc3F)C(=O)O)c3c2OCCC3)c1=O. The Morgan fingerprint density at radius 1 is 1.06 bits per heavy atom. The Kier molecular flexibility index (Phi) is 9.40. The first-order valence-corrected chi connectivity index (χ1v) is 14.3. The van der Waals surface area contributed by atoms with Crippen molar-refractivity contribution >= 4 is 17.6 Å². The van der Waals surface area contributed by atoms with Gasteiger partial charge in [-0.1, -0.05) is 12.1 Å². The minimum Gasteiger partial charge on any atom is -0.493 e. The van der Waals surface area contributed by atoms with E-state index in [1.807, 2.05) is 5.32 Å². The second kappa shape index (κ2) is 13.0. The number of carboxylic acid groups (broad SMARTS) is 1. The van der Waals surface area contributed by atoms with Crippen LogP contribution in [0.25, 0.3) is 11.1 Å². The number of ether oxygens (including phenoxy) is 2. The van der Waals surface area contributed by atoms with Crippen molar-refractivity contribution in [2.75, 3.05) is 31.3 Å². The number of rotatable bonds is 7. The van der Waals surface area contributed by atoms with Crippen LogP contribution in [-0.4, -0.2) is 71.4 Å². The van der Waals surface area contributed by atoms with Gasteiger partial charge in [-0.2, -0.15) is 31.4 Å². The molecule has 1 aromatic heterocycles. The molecular weight excluding hydrogens is 664 g/mol. The summed E-state index contributed by atoms with van der Waals surface area (Å²) in [5, 5.41) is 15.2. The fourth-order valence-electron chi connectivity index (χ4n) is 5.65. The third-order valence-corrected chi connectivity index (χ3v) is 7.94. The van der Waals surface area contributed by atoms with Crippen LogP contribution in [0.1, 0.15) is 33.6 Å². The Morgan fingerprint density at radius 3 is 2.38 bits per heavy atom. The molecule has 0 saturated carbocycles. The van der Waals surface area contributed by atoms with Crippen molar-refractivity contribution in [1.82, 2.24) is 15.1 Å². The lowest BCUT2D eigenvalue weighted by Crippen LogP contribution is -2.53. The number of benzene rings is 2. The zero-order valence-electron chi connectivity index (χ0n) is 24.8. The number of hydrogen-bond donors (Lipinski definition) is 2. The maximum absolute atomic E-state index is 15.1. The van der Waals surface area contributed by atoms with Crippen molar-refractivity contribution in [1.29, 1.82) is 0 Å². The van der Waals surface area contributed by atoms with Crippen LogP contribution in [0, 0.1) is 11.6 Å². The summed E-state index contributed by atoms with van der Waals surface area (Å²) in [7, 11) is 1.05. The number of hydrogen-bond acceptors (Lipinski definition) is 7. The number of aryl methyl sites for hydroxylation is 1. The molecule has 18 heteroatoms. The number of carbonyl (C=O) groups is 2. The molecule has 2 aromatic carbocycles. The number of nitrogens with zero attached hydrogens (tertiary/aromatic N) is 3. The number of halogens is 8. The molecule has 1 amide bonds. The predicted molar refractivity (Wildman–Crippen MR) is 151 cm³/mol. The van der Waals surface area contributed by atoms with E-state index in [1.54, 1.807) is 0 Å². The maximum Gasteiger partial charge on any atom is 0.435 e. The van der Waals surface area contributed by atoms with E-state index in [1.165, 1.54) is 12.1 Å². The first-order valence-electron chi connectivity index (χ1n) is 14.3. The number of alkyl halides is 6. The Hall–Kier alpha value is -4.74. The van der Waals surface area contributed by atoms with Crippen molar-refractivity contribution in [3.63, 3.8) is 0 Å². The summed E-state index contributed by atoms with van der Waals surface area (Å²) in [6.45, 7) is -1.15. The first-order chi connectivity index (χ1) is 22.5. The molecule has 3 heterocycles. The predicted octanol–water partition coefficient (Wildman–Crippen LogP) is 4.26. The standard InChI is InChI=1S/C30H26F8N4O6/c1-41-27(44)18(12-22(40-41)29(33,34)35)17-5-4-14(16-3-2-7-48-25(16)17)9-21(28(45)46)39-26(43)24-19(31)10-15(11-20(24)32)42-6-8-47-13-23(42)30(36,37)38/h4-5,10-12,21,23H,2-3,6-9,13H2,1H3,(H,39,43)(H,45,46)/t21-,23+/m0/s1. The number of amides is 1. The lowest BCUT2D eigenvalue weighted by atomic mass is 9.90. The van der Waals surface area contributed by atoms with Crippen molar-refractivity contribution in [2.24, 2.45) is 7.05 Å². The summed E-state index contributed by atoms with van der Waals surface area (Å²) in [5.74, 6) is -6.16. The van der Waals surface area contributed by atoms with Gasteiger partial charge >= 0.3 is 18.3 Å². The highest BCUT2D eigenvalue weighted by Gasteiger charge is 2.46. The first kappa shape index (κ1) is 34.6. The number of aliphatic carboxylic acids is 1. The molecule has 258 valence electrons. The van der Waals surface area contributed by atoms with E-state index in [2.05, 4.69) is 5.10 Å². The molecule has 5 rings (SSSR count). The molecule has 1 fully saturated rings. The second-order valence-corrected chi connectivity index (χ2v) is 11.1. The number of carboxylic acids is 1. The van der Waals surface area contributed by atoms with Crippen molar-refractivity contribution in [2.45, 2.75) is 43.7 Å². The van der Waals surface area contributed by atoms with Gasteiger partial charge in [0.05, 0.1) is 25.4 Å². The molecule has 2 N–H and O–H groups in total. The Labute approximate surface area is 265 Å². The zero-order chi connectivity index (χ0) is 35.1. The zero-order valence-corrected chi connectivity index (χ0v) is 24.8. The largest absolute Gasteiger partial charge is 0.493 e. The van der Waals surface area contributed by atoms with Gasteiger partial charge in [0.15, 0.2) is 5.69 Å². The molecule has 2 aliphatic heterocycles. The van der Waals surface area contributed by atoms with Crippen LogP contribution in [0.3, 0.4) is 0 Å². The van der Waals surface area contributed by atoms with Crippen LogP contribution < -0.4 is 20.5 Å². The summed E-state index contributed by atoms with van der Waals surface area (Å²) >= 11 is 0. The van der Waals surface area contributed by atoms with Crippen LogP contribution in [-0.2, 0) is 35.6 Å². The lowest BCUT2D eigenvalue weighted by molar-refractivity contribution is -0.167. The number of morpholine rings is 1. The van der Waals surface area contributed by atoms with Crippen LogP contribution >= 0.6 is 0 Å². The van der Waals surface area contributed by atoms with Crippen molar-refractivity contribution in [3.8, 4) is 16.9 Å². The van der Waals surface area contributed by atoms with Gasteiger partial charge in [0.25, 0.3) is 11.5 Å². The third kappa shape index (κ3) is 6.93. The van der Waals surface area contributed by atoms with E-state index in [9.17, 15) is 45.8 Å². The van der Waals surface area contributed by atoms with E-state index >= 15 is 8.78 Å². The number of aromatic nitrogens is 2. The van der Waals surface area contributed by atoms with Gasteiger partial charge in [-0.3, -0.25) is 9.59 Å².